The Kier molecular flexibility index (Phi) is 4.01. The normalized spacial score (nSPS) is 11.3. The van der Waals surface area contributed by atoms with Crippen LogP contribution in [0.4, 0.5) is 0 Å². The van der Waals surface area contributed by atoms with Gasteiger partial charge in [-0.1, -0.05) is 43.3 Å². The second-order valence-corrected chi connectivity index (χ2v) is 4.83. The molecule has 106 valence electrons. The molecule has 0 N–H and O–H groups in total. The average Bonchev–Trinajstić information content (AvgIpc) is 2.95. The first kappa shape index (κ1) is 13.4. The molecule has 3 nitrogen and oxygen atoms in total. The molecule has 0 saturated heterocycles. The maximum Gasteiger partial charge on any atom is 0.129 e. The monoisotopic (exact) mass is 278 g/mol. The van der Waals surface area contributed by atoms with Crippen LogP contribution in [0.15, 0.2) is 65.9 Å². The SMILES string of the molecule is CC/C=N/n1ccc2c(OCc3ccccc3)cccc21. The second kappa shape index (κ2) is 6.27. The summed E-state index contributed by atoms with van der Waals surface area (Å²) in [4.78, 5) is 0. The van der Waals surface area contributed by atoms with E-state index in [0.717, 1.165) is 28.6 Å². The van der Waals surface area contributed by atoms with E-state index in [1.54, 1.807) is 0 Å². The van der Waals surface area contributed by atoms with E-state index in [0.29, 0.717) is 6.61 Å². The summed E-state index contributed by atoms with van der Waals surface area (Å²) in [6.45, 7) is 2.65. The van der Waals surface area contributed by atoms with Gasteiger partial charge in [-0.3, -0.25) is 0 Å². The highest BCUT2D eigenvalue weighted by atomic mass is 16.5. The van der Waals surface area contributed by atoms with Gasteiger partial charge in [0.2, 0.25) is 0 Å². The van der Waals surface area contributed by atoms with E-state index in [4.69, 9.17) is 4.74 Å². The molecule has 0 aliphatic heterocycles. The van der Waals surface area contributed by atoms with Crippen LogP contribution in [-0.2, 0) is 6.61 Å². The minimum Gasteiger partial charge on any atom is -0.488 e. The number of benzene rings is 2. The van der Waals surface area contributed by atoms with Gasteiger partial charge in [-0.25, -0.2) is 4.68 Å². The van der Waals surface area contributed by atoms with Gasteiger partial charge in [0, 0.05) is 17.8 Å². The molecule has 0 amide bonds. The Bertz CT molecular complexity index is 744. The van der Waals surface area contributed by atoms with Gasteiger partial charge in [0.25, 0.3) is 0 Å². The molecule has 0 bridgehead atoms. The minimum absolute atomic E-state index is 0.573. The van der Waals surface area contributed by atoms with Crippen molar-refractivity contribution in [2.24, 2.45) is 5.10 Å². The fourth-order valence-electron chi connectivity index (χ4n) is 2.26. The molecule has 2 aromatic carbocycles. The molecule has 1 heterocycles. The lowest BCUT2D eigenvalue weighted by Gasteiger charge is -2.08. The number of hydrogen-bond donors (Lipinski definition) is 0. The van der Waals surface area contributed by atoms with Gasteiger partial charge in [-0.2, -0.15) is 5.10 Å². The molecule has 3 heteroatoms. The molecular formula is C18H18N2O. The molecule has 0 spiro atoms. The minimum atomic E-state index is 0.573. The lowest BCUT2D eigenvalue weighted by atomic mass is 10.2. The van der Waals surface area contributed by atoms with Crippen LogP contribution < -0.4 is 4.74 Å². The first-order valence-corrected chi connectivity index (χ1v) is 7.18. The topological polar surface area (TPSA) is 26.5 Å². The fourth-order valence-corrected chi connectivity index (χ4v) is 2.26. The smallest absolute Gasteiger partial charge is 0.129 e. The number of aromatic nitrogens is 1. The Labute approximate surface area is 124 Å². The van der Waals surface area contributed by atoms with Gasteiger partial charge >= 0.3 is 0 Å². The molecule has 3 aromatic rings. The van der Waals surface area contributed by atoms with Gasteiger partial charge in [0.15, 0.2) is 0 Å². The fraction of sp³-hybridized carbons (Fsp3) is 0.167. The molecule has 0 atom stereocenters. The maximum atomic E-state index is 5.96. The van der Waals surface area contributed by atoms with Gasteiger partial charge in [-0.05, 0) is 30.2 Å². The highest BCUT2D eigenvalue weighted by Gasteiger charge is 2.06. The Morgan fingerprint density at radius 1 is 1.05 bits per heavy atom. The maximum absolute atomic E-state index is 5.96. The number of rotatable bonds is 5. The van der Waals surface area contributed by atoms with Crippen molar-refractivity contribution < 1.29 is 4.74 Å². The summed E-state index contributed by atoms with van der Waals surface area (Å²) in [5, 5.41) is 5.49. The lowest BCUT2D eigenvalue weighted by molar-refractivity contribution is 0.310. The van der Waals surface area contributed by atoms with Gasteiger partial charge in [-0.15, -0.1) is 0 Å². The predicted molar refractivity (Wildman–Crippen MR) is 86.9 cm³/mol. The summed E-state index contributed by atoms with van der Waals surface area (Å²) in [5.41, 5.74) is 2.23. The number of fused-ring (bicyclic) bond motifs is 1. The molecule has 1 aromatic heterocycles. The van der Waals surface area contributed by atoms with E-state index in [1.165, 1.54) is 0 Å². The number of ether oxygens (including phenoxy) is 1. The van der Waals surface area contributed by atoms with E-state index in [2.05, 4.69) is 30.2 Å². The van der Waals surface area contributed by atoms with Crippen LogP contribution in [0.5, 0.6) is 5.75 Å². The Morgan fingerprint density at radius 3 is 2.71 bits per heavy atom. The summed E-state index contributed by atoms with van der Waals surface area (Å²) < 4.78 is 7.84. The van der Waals surface area contributed by atoms with E-state index in [-0.39, 0.29) is 0 Å². The highest BCUT2D eigenvalue weighted by molar-refractivity contribution is 5.86. The van der Waals surface area contributed by atoms with E-state index < -0.39 is 0 Å². The van der Waals surface area contributed by atoms with Crippen LogP contribution in [0, 0.1) is 0 Å². The third kappa shape index (κ3) is 2.97. The molecule has 0 saturated carbocycles. The van der Waals surface area contributed by atoms with Crippen LogP contribution in [-0.4, -0.2) is 10.9 Å². The highest BCUT2D eigenvalue weighted by Crippen LogP contribution is 2.27. The van der Waals surface area contributed by atoms with Gasteiger partial charge in [0.05, 0.1) is 5.52 Å². The van der Waals surface area contributed by atoms with Crippen molar-refractivity contribution in [2.75, 3.05) is 0 Å². The van der Waals surface area contributed by atoms with Crippen LogP contribution in [0.3, 0.4) is 0 Å². The standard InChI is InChI=1S/C18H18N2O/c1-2-12-19-20-13-11-16-17(20)9-6-10-18(16)21-14-15-7-4-3-5-8-15/h3-13H,2,14H2,1H3/b19-12+. The Balaban J connectivity index is 1.86. The average molecular weight is 278 g/mol. The zero-order chi connectivity index (χ0) is 14.5. The summed E-state index contributed by atoms with van der Waals surface area (Å²) in [7, 11) is 0. The van der Waals surface area contributed by atoms with Crippen molar-refractivity contribution in [1.82, 2.24) is 4.68 Å². The largest absolute Gasteiger partial charge is 0.488 e. The van der Waals surface area contributed by atoms with E-state index in [1.807, 2.05) is 53.5 Å². The quantitative estimate of drug-likeness (QED) is 0.633. The van der Waals surface area contributed by atoms with Crippen molar-refractivity contribution in [3.05, 3.63) is 66.4 Å². The molecule has 0 aliphatic rings. The third-order valence-electron chi connectivity index (χ3n) is 3.30. The van der Waals surface area contributed by atoms with Gasteiger partial charge in [0.1, 0.15) is 12.4 Å². The van der Waals surface area contributed by atoms with Crippen molar-refractivity contribution in [3.8, 4) is 5.75 Å². The summed E-state index contributed by atoms with van der Waals surface area (Å²) >= 11 is 0. The molecule has 3 rings (SSSR count). The molecule has 0 fully saturated rings. The second-order valence-electron chi connectivity index (χ2n) is 4.83. The van der Waals surface area contributed by atoms with Crippen LogP contribution >= 0.6 is 0 Å². The van der Waals surface area contributed by atoms with Crippen molar-refractivity contribution in [3.63, 3.8) is 0 Å². The third-order valence-corrected chi connectivity index (χ3v) is 3.30. The zero-order valence-electron chi connectivity index (χ0n) is 12.1. The first-order chi connectivity index (χ1) is 10.4. The first-order valence-electron chi connectivity index (χ1n) is 7.18. The summed E-state index contributed by atoms with van der Waals surface area (Å²) in [6, 6.07) is 18.3. The Morgan fingerprint density at radius 2 is 1.90 bits per heavy atom. The number of hydrogen-bond acceptors (Lipinski definition) is 2. The van der Waals surface area contributed by atoms with Gasteiger partial charge < -0.3 is 4.74 Å². The zero-order valence-corrected chi connectivity index (χ0v) is 12.1. The lowest BCUT2D eigenvalue weighted by Crippen LogP contribution is -1.95. The van der Waals surface area contributed by atoms with Crippen LogP contribution in [0.1, 0.15) is 18.9 Å². The molecule has 21 heavy (non-hydrogen) atoms. The molecule has 0 radical (unpaired) electrons. The van der Waals surface area contributed by atoms with Crippen molar-refractivity contribution in [2.45, 2.75) is 20.0 Å². The summed E-state index contributed by atoms with van der Waals surface area (Å²) in [6.07, 6.45) is 4.78. The van der Waals surface area contributed by atoms with E-state index in [9.17, 15) is 0 Å². The van der Waals surface area contributed by atoms with Crippen molar-refractivity contribution in [1.29, 1.82) is 0 Å². The molecule has 0 unspecified atom stereocenters. The predicted octanol–water partition coefficient (Wildman–Crippen LogP) is 4.46. The molecule has 0 aliphatic carbocycles. The Hall–Kier alpha value is -2.55. The van der Waals surface area contributed by atoms with Crippen LogP contribution in [0.2, 0.25) is 0 Å². The van der Waals surface area contributed by atoms with Crippen molar-refractivity contribution >= 4 is 17.1 Å². The van der Waals surface area contributed by atoms with Crippen LogP contribution in [0.25, 0.3) is 10.9 Å². The summed E-state index contributed by atoms with van der Waals surface area (Å²) in [5.74, 6) is 0.891. The number of nitrogens with zero attached hydrogens (tertiary/aromatic N) is 2. The van der Waals surface area contributed by atoms with E-state index >= 15 is 0 Å². The molecular weight excluding hydrogens is 260 g/mol.